The highest BCUT2D eigenvalue weighted by atomic mass is 32.1. The summed E-state index contributed by atoms with van der Waals surface area (Å²) in [5.74, 6) is 0.191. The first-order valence-electron chi connectivity index (χ1n) is 7.57. The molecule has 2 rings (SSSR count). The molecule has 5 heteroatoms. The Labute approximate surface area is 125 Å². The third-order valence-corrected chi connectivity index (χ3v) is 4.92. The van der Waals surface area contributed by atoms with Crippen LogP contribution >= 0.6 is 11.3 Å². The van der Waals surface area contributed by atoms with Gasteiger partial charge in [-0.05, 0) is 32.2 Å². The van der Waals surface area contributed by atoms with Crippen LogP contribution < -0.4 is 15.1 Å². The number of thiophene rings is 1. The quantitative estimate of drug-likeness (QED) is 0.637. The largest absolute Gasteiger partial charge is 0.349 e. The van der Waals surface area contributed by atoms with Crippen molar-refractivity contribution in [2.75, 3.05) is 26.2 Å². The zero-order valence-corrected chi connectivity index (χ0v) is 13.6. The normalized spacial score (nSPS) is 24.6. The van der Waals surface area contributed by atoms with Gasteiger partial charge in [-0.2, -0.15) is 0 Å². The summed E-state index contributed by atoms with van der Waals surface area (Å²) in [6.45, 7) is 11.7. The standard InChI is InChI=1S/C15H25N3OS/c1-12(2)16-15(19)13(3)18-8-6-17(7-9-18)11-14-5-4-10-20-14/h4-5,10,12-13H,6-9,11H2,1-3H3,(H,16,19)/p+2/t13-/m1/s1. The molecule has 1 aliphatic rings. The van der Waals surface area contributed by atoms with Gasteiger partial charge in [-0.3, -0.25) is 4.79 Å². The van der Waals surface area contributed by atoms with Gasteiger partial charge in [0.25, 0.3) is 5.91 Å². The zero-order valence-electron chi connectivity index (χ0n) is 12.7. The summed E-state index contributed by atoms with van der Waals surface area (Å²) < 4.78 is 0. The van der Waals surface area contributed by atoms with Gasteiger partial charge in [-0.15, -0.1) is 11.3 Å². The number of carbonyl (C=O) groups excluding carboxylic acids is 1. The van der Waals surface area contributed by atoms with Crippen molar-refractivity contribution in [1.82, 2.24) is 5.32 Å². The molecule has 1 aromatic heterocycles. The summed E-state index contributed by atoms with van der Waals surface area (Å²) >= 11 is 1.84. The van der Waals surface area contributed by atoms with Gasteiger partial charge in [0.05, 0.1) is 4.88 Å². The molecule has 1 aromatic rings. The molecule has 112 valence electrons. The van der Waals surface area contributed by atoms with E-state index >= 15 is 0 Å². The van der Waals surface area contributed by atoms with E-state index < -0.39 is 0 Å². The first-order valence-corrected chi connectivity index (χ1v) is 8.45. The first-order chi connectivity index (χ1) is 9.56. The maximum Gasteiger partial charge on any atom is 0.278 e. The van der Waals surface area contributed by atoms with E-state index in [2.05, 4.69) is 29.8 Å². The molecule has 0 radical (unpaired) electrons. The molecule has 1 aliphatic heterocycles. The number of nitrogens with one attached hydrogen (secondary N) is 3. The Balaban J connectivity index is 1.77. The molecule has 0 aromatic carbocycles. The number of hydrogen-bond acceptors (Lipinski definition) is 2. The predicted octanol–water partition coefficient (Wildman–Crippen LogP) is -1.06. The third-order valence-electron chi connectivity index (χ3n) is 4.04. The second-order valence-electron chi connectivity index (χ2n) is 6.05. The van der Waals surface area contributed by atoms with Crippen molar-refractivity contribution in [2.45, 2.75) is 39.4 Å². The van der Waals surface area contributed by atoms with Crippen molar-refractivity contribution in [1.29, 1.82) is 0 Å². The zero-order chi connectivity index (χ0) is 14.5. The molecule has 1 atom stereocenters. The summed E-state index contributed by atoms with van der Waals surface area (Å²) in [6.07, 6.45) is 0. The van der Waals surface area contributed by atoms with Crippen LogP contribution in [-0.2, 0) is 11.3 Å². The molecule has 0 bridgehead atoms. The van der Waals surface area contributed by atoms with Crippen molar-refractivity contribution >= 4 is 17.2 Å². The number of carbonyl (C=O) groups is 1. The van der Waals surface area contributed by atoms with Crippen molar-refractivity contribution < 1.29 is 14.6 Å². The van der Waals surface area contributed by atoms with Gasteiger partial charge in [0, 0.05) is 6.04 Å². The molecule has 1 fully saturated rings. The van der Waals surface area contributed by atoms with Crippen molar-refractivity contribution in [3.63, 3.8) is 0 Å². The van der Waals surface area contributed by atoms with E-state index in [9.17, 15) is 4.79 Å². The van der Waals surface area contributed by atoms with Gasteiger partial charge >= 0.3 is 0 Å². The predicted molar refractivity (Wildman–Crippen MR) is 82.2 cm³/mol. The Morgan fingerprint density at radius 3 is 2.55 bits per heavy atom. The van der Waals surface area contributed by atoms with Crippen LogP contribution in [0.15, 0.2) is 17.5 Å². The van der Waals surface area contributed by atoms with Crippen LogP contribution in [0.5, 0.6) is 0 Å². The maximum atomic E-state index is 12.1. The fourth-order valence-corrected chi connectivity index (χ4v) is 3.57. The molecule has 3 N–H and O–H groups in total. The Morgan fingerprint density at radius 1 is 1.30 bits per heavy atom. The minimum absolute atomic E-state index is 0.0701. The highest BCUT2D eigenvalue weighted by Crippen LogP contribution is 2.05. The van der Waals surface area contributed by atoms with Crippen LogP contribution in [0.4, 0.5) is 0 Å². The van der Waals surface area contributed by atoms with E-state index in [1.807, 2.05) is 25.2 Å². The summed E-state index contributed by atoms with van der Waals surface area (Å²) in [7, 11) is 0. The second kappa shape index (κ2) is 7.20. The van der Waals surface area contributed by atoms with Crippen molar-refractivity contribution in [2.24, 2.45) is 0 Å². The van der Waals surface area contributed by atoms with Gasteiger partial charge in [0.1, 0.15) is 32.7 Å². The van der Waals surface area contributed by atoms with Crippen molar-refractivity contribution in [3.8, 4) is 0 Å². The molecule has 0 spiro atoms. The average Bonchev–Trinajstić information content (AvgIpc) is 2.91. The summed E-state index contributed by atoms with van der Waals surface area (Å²) in [5, 5.41) is 5.17. The Kier molecular flexibility index (Phi) is 5.57. The van der Waals surface area contributed by atoms with Gasteiger partial charge in [-0.1, -0.05) is 6.07 Å². The fraction of sp³-hybridized carbons (Fsp3) is 0.667. The topological polar surface area (TPSA) is 38.0 Å². The average molecular weight is 297 g/mol. The molecule has 4 nitrogen and oxygen atoms in total. The van der Waals surface area contributed by atoms with E-state index in [0.717, 1.165) is 32.7 Å². The smallest absolute Gasteiger partial charge is 0.278 e. The van der Waals surface area contributed by atoms with E-state index in [1.54, 1.807) is 4.90 Å². The van der Waals surface area contributed by atoms with Gasteiger partial charge in [0.15, 0.2) is 6.04 Å². The number of quaternary nitrogens is 2. The van der Waals surface area contributed by atoms with Gasteiger partial charge < -0.3 is 15.1 Å². The molecule has 20 heavy (non-hydrogen) atoms. The number of amides is 1. The third kappa shape index (κ3) is 4.30. The number of hydrogen-bond donors (Lipinski definition) is 3. The number of rotatable bonds is 5. The lowest BCUT2D eigenvalue weighted by Crippen LogP contribution is -3.29. The molecule has 2 heterocycles. The van der Waals surface area contributed by atoms with Crippen LogP contribution in [0, 0.1) is 0 Å². The lowest BCUT2D eigenvalue weighted by Gasteiger charge is -2.32. The van der Waals surface area contributed by atoms with E-state index in [4.69, 9.17) is 0 Å². The summed E-state index contributed by atoms with van der Waals surface area (Å²) in [6, 6.07) is 4.64. The molecule has 0 aliphatic carbocycles. The molecule has 0 unspecified atom stereocenters. The van der Waals surface area contributed by atoms with Gasteiger partial charge in [-0.25, -0.2) is 0 Å². The van der Waals surface area contributed by atoms with Crippen LogP contribution in [0.25, 0.3) is 0 Å². The highest BCUT2D eigenvalue weighted by molar-refractivity contribution is 7.09. The molecular formula is C15H27N3OS+2. The van der Waals surface area contributed by atoms with E-state index in [0.29, 0.717) is 0 Å². The Morgan fingerprint density at radius 2 is 2.00 bits per heavy atom. The molecular weight excluding hydrogens is 270 g/mol. The fourth-order valence-electron chi connectivity index (χ4n) is 2.79. The minimum Gasteiger partial charge on any atom is -0.349 e. The Hall–Kier alpha value is -0.910. The summed E-state index contributed by atoms with van der Waals surface area (Å²) in [4.78, 5) is 16.6. The van der Waals surface area contributed by atoms with Crippen LogP contribution in [0.3, 0.4) is 0 Å². The number of piperazine rings is 1. The Bertz CT molecular complexity index is 411. The van der Waals surface area contributed by atoms with Crippen LogP contribution in [0.2, 0.25) is 0 Å². The SMILES string of the molecule is CC(C)NC(=O)[C@@H](C)[NH+]1CC[NH+](Cc2cccs2)CC1. The second-order valence-corrected chi connectivity index (χ2v) is 7.08. The van der Waals surface area contributed by atoms with E-state index in [-0.39, 0.29) is 18.0 Å². The van der Waals surface area contributed by atoms with Crippen LogP contribution in [0.1, 0.15) is 25.6 Å². The maximum absolute atomic E-state index is 12.1. The monoisotopic (exact) mass is 297 g/mol. The summed E-state index contributed by atoms with van der Waals surface area (Å²) in [5.41, 5.74) is 0. The van der Waals surface area contributed by atoms with Crippen molar-refractivity contribution in [3.05, 3.63) is 22.4 Å². The lowest BCUT2D eigenvalue weighted by molar-refractivity contribution is -1.02. The van der Waals surface area contributed by atoms with Gasteiger partial charge in [0.2, 0.25) is 0 Å². The van der Waals surface area contributed by atoms with E-state index in [1.165, 1.54) is 9.78 Å². The first kappa shape index (κ1) is 15.5. The minimum atomic E-state index is 0.0701. The molecule has 1 amide bonds. The van der Waals surface area contributed by atoms with Crippen LogP contribution in [-0.4, -0.2) is 44.2 Å². The molecule has 1 saturated heterocycles. The highest BCUT2D eigenvalue weighted by Gasteiger charge is 2.31. The lowest BCUT2D eigenvalue weighted by atomic mass is 10.2. The molecule has 0 saturated carbocycles.